The Morgan fingerprint density at radius 1 is 1.32 bits per heavy atom. The molecule has 2 heterocycles. The van der Waals surface area contributed by atoms with Gasteiger partial charge in [-0.3, -0.25) is 14.9 Å². The number of esters is 1. The maximum Gasteiger partial charge on any atom is 0.311 e. The van der Waals surface area contributed by atoms with Crippen LogP contribution in [0.3, 0.4) is 0 Å². The lowest BCUT2D eigenvalue weighted by molar-refractivity contribution is -0.142. The molecule has 0 radical (unpaired) electrons. The van der Waals surface area contributed by atoms with E-state index in [1.165, 1.54) is 11.3 Å². The zero-order valence-electron chi connectivity index (χ0n) is 13.9. The Hall–Kier alpha value is -2.81. The van der Waals surface area contributed by atoms with E-state index in [0.29, 0.717) is 35.1 Å². The van der Waals surface area contributed by atoms with E-state index in [1.807, 2.05) is 13.0 Å². The summed E-state index contributed by atoms with van der Waals surface area (Å²) in [7, 11) is 0. The summed E-state index contributed by atoms with van der Waals surface area (Å²) in [5, 5.41) is 13.0. The van der Waals surface area contributed by atoms with Gasteiger partial charge in [0.1, 0.15) is 5.52 Å². The van der Waals surface area contributed by atoms with Crippen molar-refractivity contribution in [2.75, 3.05) is 11.9 Å². The second-order valence-corrected chi connectivity index (χ2v) is 6.05. The van der Waals surface area contributed by atoms with Crippen LogP contribution in [0, 0.1) is 0 Å². The second kappa shape index (κ2) is 7.39. The Balaban J connectivity index is 1.70. The minimum atomic E-state index is -0.338. The minimum Gasteiger partial charge on any atom is -0.466 e. The third-order valence-corrected chi connectivity index (χ3v) is 4.29. The first-order chi connectivity index (χ1) is 12.1. The number of nitrogens with zero attached hydrogens (tertiary/aromatic N) is 4. The number of ether oxygens (including phenoxy) is 1. The van der Waals surface area contributed by atoms with Gasteiger partial charge in [-0.1, -0.05) is 5.21 Å². The Morgan fingerprint density at radius 3 is 2.92 bits per heavy atom. The molecule has 2 aromatic heterocycles. The summed E-state index contributed by atoms with van der Waals surface area (Å²) in [6.07, 6.45) is 0.0896. The van der Waals surface area contributed by atoms with E-state index in [1.54, 1.807) is 29.1 Å². The lowest BCUT2D eigenvalue weighted by Crippen LogP contribution is -2.12. The number of carbonyl (C=O) groups is 2. The molecule has 1 amide bonds. The van der Waals surface area contributed by atoms with Crippen LogP contribution in [0.2, 0.25) is 0 Å². The van der Waals surface area contributed by atoms with Crippen LogP contribution in [-0.4, -0.2) is 38.5 Å². The molecule has 0 saturated carbocycles. The Labute approximate surface area is 147 Å². The van der Waals surface area contributed by atoms with Gasteiger partial charge in [0, 0.05) is 17.5 Å². The Bertz CT molecular complexity index is 918. The van der Waals surface area contributed by atoms with Crippen molar-refractivity contribution >= 4 is 39.4 Å². The zero-order valence-corrected chi connectivity index (χ0v) is 14.7. The van der Waals surface area contributed by atoms with Gasteiger partial charge < -0.3 is 4.74 Å². The molecule has 1 N–H and O–H groups in total. The number of hydrogen-bond donors (Lipinski definition) is 1. The predicted octanol–water partition coefficient (Wildman–Crippen LogP) is 2.27. The average molecular weight is 359 g/mol. The topological polar surface area (TPSA) is 99.0 Å². The first-order valence-corrected chi connectivity index (χ1v) is 8.73. The van der Waals surface area contributed by atoms with Crippen LogP contribution in [0.4, 0.5) is 5.13 Å². The molecular formula is C16H17N5O3S. The Kier molecular flexibility index (Phi) is 5.03. The fourth-order valence-electron chi connectivity index (χ4n) is 2.32. The highest BCUT2D eigenvalue weighted by atomic mass is 32.1. The molecule has 25 heavy (non-hydrogen) atoms. The summed E-state index contributed by atoms with van der Waals surface area (Å²) < 4.78 is 6.64. The van der Waals surface area contributed by atoms with E-state index < -0.39 is 0 Å². The number of aryl methyl sites for hydroxylation is 1. The summed E-state index contributed by atoms with van der Waals surface area (Å²) in [5.41, 5.74) is 2.58. The number of hydrogen-bond acceptors (Lipinski definition) is 7. The lowest BCUT2D eigenvalue weighted by atomic mass is 10.2. The Morgan fingerprint density at radius 2 is 2.16 bits per heavy atom. The third-order valence-electron chi connectivity index (χ3n) is 3.48. The lowest BCUT2D eigenvalue weighted by Gasteiger charge is -2.02. The standard InChI is InChI=1S/C16H17N5O3S/c1-3-21-13-6-5-10(7-12(13)19-20-21)15(23)18-16-17-11(9-25-16)8-14(22)24-4-2/h5-7,9H,3-4,8H2,1-2H3,(H,17,18,23). The van der Waals surface area contributed by atoms with Crippen LogP contribution in [0.5, 0.6) is 0 Å². The predicted molar refractivity (Wildman–Crippen MR) is 93.6 cm³/mol. The number of carbonyl (C=O) groups excluding carboxylic acids is 2. The molecule has 8 nitrogen and oxygen atoms in total. The maximum atomic E-state index is 12.4. The normalized spacial score (nSPS) is 10.8. The third kappa shape index (κ3) is 3.82. The van der Waals surface area contributed by atoms with E-state index in [0.717, 1.165) is 5.52 Å². The van der Waals surface area contributed by atoms with E-state index in [-0.39, 0.29) is 18.3 Å². The zero-order chi connectivity index (χ0) is 17.8. The number of fused-ring (bicyclic) bond motifs is 1. The number of anilines is 1. The van der Waals surface area contributed by atoms with Gasteiger partial charge in [0.25, 0.3) is 5.91 Å². The summed E-state index contributed by atoms with van der Waals surface area (Å²) in [4.78, 5) is 28.1. The molecule has 1 aromatic carbocycles. The highest BCUT2D eigenvalue weighted by Crippen LogP contribution is 2.19. The van der Waals surface area contributed by atoms with Crippen LogP contribution >= 0.6 is 11.3 Å². The van der Waals surface area contributed by atoms with Crippen molar-refractivity contribution in [3.8, 4) is 0 Å². The SMILES string of the molecule is CCOC(=O)Cc1csc(NC(=O)c2ccc3c(c2)nnn3CC)n1. The van der Waals surface area contributed by atoms with E-state index in [9.17, 15) is 9.59 Å². The highest BCUT2D eigenvalue weighted by Gasteiger charge is 2.13. The molecular weight excluding hydrogens is 342 g/mol. The van der Waals surface area contributed by atoms with Crippen molar-refractivity contribution in [3.05, 3.63) is 34.8 Å². The van der Waals surface area contributed by atoms with Crippen molar-refractivity contribution in [3.63, 3.8) is 0 Å². The van der Waals surface area contributed by atoms with Crippen LogP contribution in [0.1, 0.15) is 29.9 Å². The van der Waals surface area contributed by atoms with E-state index in [4.69, 9.17) is 4.74 Å². The molecule has 0 unspecified atom stereocenters. The van der Waals surface area contributed by atoms with Crippen molar-refractivity contribution in [2.45, 2.75) is 26.8 Å². The first-order valence-electron chi connectivity index (χ1n) is 7.85. The number of thiazole rings is 1. The van der Waals surface area contributed by atoms with Crippen molar-refractivity contribution in [1.29, 1.82) is 0 Å². The first kappa shape index (κ1) is 17.0. The number of rotatable bonds is 6. The molecule has 3 rings (SSSR count). The van der Waals surface area contributed by atoms with Crippen LogP contribution < -0.4 is 5.32 Å². The van der Waals surface area contributed by atoms with Crippen LogP contribution in [0.15, 0.2) is 23.6 Å². The van der Waals surface area contributed by atoms with Crippen LogP contribution in [0.25, 0.3) is 11.0 Å². The molecule has 0 aliphatic rings. The molecule has 9 heteroatoms. The van der Waals surface area contributed by atoms with Crippen molar-refractivity contribution < 1.29 is 14.3 Å². The molecule has 0 aliphatic heterocycles. The molecule has 0 spiro atoms. The van der Waals surface area contributed by atoms with Gasteiger partial charge >= 0.3 is 5.97 Å². The van der Waals surface area contributed by atoms with Crippen LogP contribution in [-0.2, 0) is 22.5 Å². The number of aromatic nitrogens is 4. The molecule has 0 bridgehead atoms. The quantitative estimate of drug-likeness (QED) is 0.678. The van der Waals surface area contributed by atoms with Gasteiger partial charge in [-0.25, -0.2) is 9.67 Å². The fourth-order valence-corrected chi connectivity index (χ4v) is 3.03. The summed E-state index contributed by atoms with van der Waals surface area (Å²) in [6, 6.07) is 5.24. The molecule has 0 fully saturated rings. The number of nitrogens with one attached hydrogen (secondary N) is 1. The van der Waals surface area contributed by atoms with Gasteiger partial charge in [0.05, 0.1) is 24.2 Å². The van der Waals surface area contributed by atoms with Crippen molar-refractivity contribution in [1.82, 2.24) is 20.0 Å². The highest BCUT2D eigenvalue weighted by molar-refractivity contribution is 7.14. The van der Waals surface area contributed by atoms with Gasteiger partial charge in [0.15, 0.2) is 5.13 Å². The summed E-state index contributed by atoms with van der Waals surface area (Å²) in [6.45, 7) is 4.77. The van der Waals surface area contributed by atoms with Gasteiger partial charge in [-0.15, -0.1) is 16.4 Å². The second-order valence-electron chi connectivity index (χ2n) is 5.19. The summed E-state index contributed by atoms with van der Waals surface area (Å²) >= 11 is 1.26. The van der Waals surface area contributed by atoms with E-state index >= 15 is 0 Å². The number of benzene rings is 1. The largest absolute Gasteiger partial charge is 0.466 e. The number of amides is 1. The van der Waals surface area contributed by atoms with Crippen molar-refractivity contribution in [2.24, 2.45) is 0 Å². The van der Waals surface area contributed by atoms with E-state index in [2.05, 4.69) is 20.6 Å². The monoisotopic (exact) mass is 359 g/mol. The summed E-state index contributed by atoms with van der Waals surface area (Å²) in [5.74, 6) is -0.625. The smallest absolute Gasteiger partial charge is 0.311 e. The molecule has 0 saturated heterocycles. The fraction of sp³-hybridized carbons (Fsp3) is 0.312. The average Bonchev–Trinajstić information content (AvgIpc) is 3.20. The van der Waals surface area contributed by atoms with Gasteiger partial charge in [-0.2, -0.15) is 0 Å². The molecule has 0 atom stereocenters. The molecule has 3 aromatic rings. The maximum absolute atomic E-state index is 12.4. The molecule has 0 aliphatic carbocycles. The van der Waals surface area contributed by atoms with Gasteiger partial charge in [-0.05, 0) is 32.0 Å². The van der Waals surface area contributed by atoms with Gasteiger partial charge in [0.2, 0.25) is 0 Å². The minimum absolute atomic E-state index is 0.0896. The molecule has 130 valence electrons.